The lowest BCUT2D eigenvalue weighted by Crippen LogP contribution is -2.35. The molecule has 0 bridgehead atoms. The van der Waals surface area contributed by atoms with E-state index in [2.05, 4.69) is 4.74 Å². The molecule has 0 saturated carbocycles. The summed E-state index contributed by atoms with van der Waals surface area (Å²) in [5, 5.41) is 8.13. The lowest BCUT2D eigenvalue weighted by molar-refractivity contribution is -0.237. The van der Waals surface area contributed by atoms with Crippen molar-refractivity contribution in [1.82, 2.24) is 4.90 Å². The van der Waals surface area contributed by atoms with Gasteiger partial charge in [0.25, 0.3) is 0 Å². The van der Waals surface area contributed by atoms with Crippen LogP contribution in [0, 0.1) is 0 Å². The Morgan fingerprint density at radius 2 is 2.00 bits per heavy atom. The lowest BCUT2D eigenvalue weighted by Gasteiger charge is -2.19. The quantitative estimate of drug-likeness (QED) is 0.392. The van der Waals surface area contributed by atoms with Crippen molar-refractivity contribution in [3.05, 3.63) is 0 Å². The Labute approximate surface area is 68.7 Å². The summed E-state index contributed by atoms with van der Waals surface area (Å²) in [6.07, 6.45) is -4.03. The number of ether oxygens (including phenoxy) is 1. The van der Waals surface area contributed by atoms with Crippen molar-refractivity contribution in [1.29, 1.82) is 0 Å². The van der Waals surface area contributed by atoms with Crippen LogP contribution < -0.4 is 0 Å². The molecule has 6 heteroatoms. The van der Waals surface area contributed by atoms with Gasteiger partial charge in [-0.05, 0) is 13.5 Å². The Kier molecular flexibility index (Phi) is 5.19. The van der Waals surface area contributed by atoms with Gasteiger partial charge in [-0.2, -0.15) is 13.2 Å². The third-order valence-electron chi connectivity index (χ3n) is 1.31. The predicted octanol–water partition coefficient (Wildman–Crippen LogP) is 0.795. The van der Waals surface area contributed by atoms with E-state index in [1.54, 1.807) is 0 Å². The van der Waals surface area contributed by atoms with Gasteiger partial charge in [0.2, 0.25) is 0 Å². The molecule has 74 valence electrons. The number of halogens is 3. The van der Waals surface area contributed by atoms with Gasteiger partial charge in [0.1, 0.15) is 6.79 Å². The van der Waals surface area contributed by atoms with Crippen molar-refractivity contribution in [2.24, 2.45) is 0 Å². The molecule has 1 N–H and O–H groups in total. The van der Waals surface area contributed by atoms with Gasteiger partial charge in [-0.3, -0.25) is 0 Å². The Morgan fingerprint density at radius 1 is 1.42 bits per heavy atom. The van der Waals surface area contributed by atoms with E-state index in [9.17, 15) is 13.2 Å². The monoisotopic (exact) mass is 187 g/mol. The molecule has 0 aliphatic heterocycles. The molecule has 0 fully saturated rings. The Balaban J connectivity index is 3.38. The van der Waals surface area contributed by atoms with Gasteiger partial charge in [-0.15, -0.1) is 0 Å². The van der Waals surface area contributed by atoms with Crippen LogP contribution in [0.4, 0.5) is 13.2 Å². The lowest BCUT2D eigenvalue weighted by atomic mass is 10.4. The summed E-state index contributed by atoms with van der Waals surface area (Å²) in [5.41, 5.74) is 0. The van der Waals surface area contributed by atoms with E-state index in [1.165, 1.54) is 0 Å². The summed E-state index contributed by atoms with van der Waals surface area (Å²) in [5.74, 6) is 0. The van der Waals surface area contributed by atoms with Crippen LogP contribution in [0.1, 0.15) is 6.42 Å². The fourth-order valence-corrected chi connectivity index (χ4v) is 0.595. The van der Waals surface area contributed by atoms with Crippen molar-refractivity contribution in [2.45, 2.75) is 12.7 Å². The number of aliphatic hydroxyl groups is 1. The second kappa shape index (κ2) is 5.34. The zero-order chi connectivity index (χ0) is 9.61. The zero-order valence-corrected chi connectivity index (χ0v) is 6.76. The normalized spacial score (nSPS) is 12.5. The first-order valence-electron chi connectivity index (χ1n) is 3.45. The summed E-state index contributed by atoms with van der Waals surface area (Å²) >= 11 is 0. The first-order valence-corrected chi connectivity index (χ1v) is 3.45. The first kappa shape index (κ1) is 11.7. The molecule has 0 heterocycles. The molecule has 0 spiro atoms. The van der Waals surface area contributed by atoms with E-state index in [0.29, 0.717) is 0 Å². The average Bonchev–Trinajstić information content (AvgIpc) is 1.96. The average molecular weight is 187 g/mol. The minimum absolute atomic E-state index is 0.122. The molecule has 0 aromatic carbocycles. The molecule has 0 aliphatic carbocycles. The molecule has 12 heavy (non-hydrogen) atoms. The standard InChI is InChI=1S/C6H12F3NO2/c1-10(6(7,8)9)3-2-4-12-5-11/h11H,2-5H2,1H3. The van der Waals surface area contributed by atoms with E-state index >= 15 is 0 Å². The highest BCUT2D eigenvalue weighted by Gasteiger charge is 2.32. The number of alkyl halides is 3. The Bertz CT molecular complexity index is 118. The van der Waals surface area contributed by atoms with Gasteiger partial charge >= 0.3 is 6.30 Å². The van der Waals surface area contributed by atoms with Gasteiger partial charge in [-0.25, -0.2) is 4.90 Å². The molecule has 0 aromatic rings. The molecule has 0 amide bonds. The number of nitrogens with zero attached hydrogens (tertiary/aromatic N) is 1. The smallest absolute Gasteiger partial charge is 0.371 e. The van der Waals surface area contributed by atoms with Gasteiger partial charge < -0.3 is 9.84 Å². The van der Waals surface area contributed by atoms with Crippen molar-refractivity contribution in [3.8, 4) is 0 Å². The minimum atomic E-state index is -4.28. The fourth-order valence-electron chi connectivity index (χ4n) is 0.595. The molecule has 0 aromatic heterocycles. The number of hydrogen-bond donors (Lipinski definition) is 1. The maximum Gasteiger partial charge on any atom is 0.459 e. The molecule has 0 radical (unpaired) electrons. The topological polar surface area (TPSA) is 32.7 Å². The number of hydrogen-bond acceptors (Lipinski definition) is 3. The van der Waals surface area contributed by atoms with E-state index < -0.39 is 13.1 Å². The second-order valence-corrected chi connectivity index (χ2v) is 2.28. The van der Waals surface area contributed by atoms with E-state index in [4.69, 9.17) is 5.11 Å². The Hall–Kier alpha value is -0.330. The SMILES string of the molecule is CN(CCCOCO)C(F)(F)F. The van der Waals surface area contributed by atoms with Crippen molar-refractivity contribution in [3.63, 3.8) is 0 Å². The van der Waals surface area contributed by atoms with Gasteiger partial charge in [-0.1, -0.05) is 0 Å². The Morgan fingerprint density at radius 3 is 2.42 bits per heavy atom. The van der Waals surface area contributed by atoms with E-state index in [-0.39, 0.29) is 24.5 Å². The van der Waals surface area contributed by atoms with Crippen molar-refractivity contribution >= 4 is 0 Å². The fraction of sp³-hybridized carbons (Fsp3) is 1.00. The molecule has 3 nitrogen and oxygen atoms in total. The number of aliphatic hydroxyl groups excluding tert-OH is 1. The third-order valence-corrected chi connectivity index (χ3v) is 1.31. The van der Waals surface area contributed by atoms with E-state index in [1.807, 2.05) is 0 Å². The summed E-state index contributed by atoms with van der Waals surface area (Å²) < 4.78 is 39.8. The van der Waals surface area contributed by atoms with Crippen LogP contribution in [-0.4, -0.2) is 43.3 Å². The van der Waals surface area contributed by atoms with Crippen LogP contribution >= 0.6 is 0 Å². The summed E-state index contributed by atoms with van der Waals surface area (Å²) in [6, 6.07) is 0. The predicted molar refractivity (Wildman–Crippen MR) is 36.3 cm³/mol. The summed E-state index contributed by atoms with van der Waals surface area (Å²) in [6.45, 7) is -0.434. The maximum absolute atomic E-state index is 11.8. The van der Waals surface area contributed by atoms with Crippen LogP contribution in [0.5, 0.6) is 0 Å². The molecular weight excluding hydrogens is 175 g/mol. The highest BCUT2D eigenvalue weighted by Crippen LogP contribution is 2.18. The van der Waals surface area contributed by atoms with Gasteiger partial charge in [0, 0.05) is 6.54 Å². The summed E-state index contributed by atoms with van der Waals surface area (Å²) in [4.78, 5) is 0.272. The van der Waals surface area contributed by atoms with Gasteiger partial charge in [0.15, 0.2) is 0 Å². The first-order chi connectivity index (χ1) is 5.48. The second-order valence-electron chi connectivity index (χ2n) is 2.28. The molecule has 0 saturated heterocycles. The largest absolute Gasteiger partial charge is 0.459 e. The highest BCUT2D eigenvalue weighted by atomic mass is 19.4. The minimum Gasteiger partial charge on any atom is -0.371 e. The highest BCUT2D eigenvalue weighted by molar-refractivity contribution is 4.52. The van der Waals surface area contributed by atoms with Crippen molar-refractivity contribution < 1.29 is 23.0 Å². The maximum atomic E-state index is 11.8. The summed E-state index contributed by atoms with van der Waals surface area (Å²) in [7, 11) is 0.971. The molecule has 0 unspecified atom stereocenters. The van der Waals surface area contributed by atoms with Gasteiger partial charge in [0.05, 0.1) is 6.61 Å². The van der Waals surface area contributed by atoms with Crippen LogP contribution in [0.3, 0.4) is 0 Å². The molecule has 0 aliphatic rings. The van der Waals surface area contributed by atoms with Crippen molar-refractivity contribution in [2.75, 3.05) is 27.0 Å². The number of rotatable bonds is 5. The van der Waals surface area contributed by atoms with Crippen LogP contribution in [0.15, 0.2) is 0 Å². The molecule has 0 rings (SSSR count). The van der Waals surface area contributed by atoms with Crippen LogP contribution in [0.2, 0.25) is 0 Å². The van der Waals surface area contributed by atoms with E-state index in [0.717, 1.165) is 7.05 Å². The zero-order valence-electron chi connectivity index (χ0n) is 6.76. The molecular formula is C6H12F3NO2. The van der Waals surface area contributed by atoms with Crippen LogP contribution in [0.25, 0.3) is 0 Å². The third kappa shape index (κ3) is 5.34. The van der Waals surface area contributed by atoms with Crippen LogP contribution in [-0.2, 0) is 4.74 Å². The molecule has 0 atom stereocenters.